The van der Waals surface area contributed by atoms with Crippen LogP contribution in [0.15, 0.2) is 47.4 Å². The molecule has 1 amide bonds. The molecule has 0 aliphatic carbocycles. The molecule has 0 fully saturated rings. The summed E-state index contributed by atoms with van der Waals surface area (Å²) < 4.78 is 22.4. The Kier molecular flexibility index (Phi) is 3.93. The normalized spacial score (nSPS) is 15.9. The predicted molar refractivity (Wildman–Crippen MR) is 107 cm³/mol. The molecular formula is C20H16FN9O2. The number of imidazole rings is 1. The summed E-state index contributed by atoms with van der Waals surface area (Å²) in [5, 5.41) is 16.6. The van der Waals surface area contributed by atoms with Crippen LogP contribution in [0.25, 0.3) is 17.1 Å². The number of aromatic nitrogens is 8. The van der Waals surface area contributed by atoms with Crippen molar-refractivity contribution in [2.75, 3.05) is 6.54 Å². The lowest BCUT2D eigenvalue weighted by Gasteiger charge is -2.32. The van der Waals surface area contributed by atoms with Crippen molar-refractivity contribution in [2.45, 2.75) is 12.5 Å². The predicted octanol–water partition coefficient (Wildman–Crippen LogP) is 1.77. The fourth-order valence-electron chi connectivity index (χ4n) is 3.98. The molecule has 0 spiro atoms. The van der Waals surface area contributed by atoms with Crippen LogP contribution in [0.1, 0.15) is 33.8 Å². The number of halogens is 1. The molecule has 12 heteroatoms. The van der Waals surface area contributed by atoms with Crippen LogP contribution in [0.3, 0.4) is 0 Å². The van der Waals surface area contributed by atoms with E-state index in [-0.39, 0.29) is 11.8 Å². The molecule has 5 aromatic rings. The first-order valence-corrected chi connectivity index (χ1v) is 9.88. The lowest BCUT2D eigenvalue weighted by Crippen LogP contribution is -2.41. The Morgan fingerprint density at radius 3 is 3.00 bits per heavy atom. The highest BCUT2D eigenvalue weighted by Crippen LogP contribution is 2.34. The second kappa shape index (κ2) is 6.83. The lowest BCUT2D eigenvalue weighted by molar-refractivity contribution is 0.0646. The molecule has 1 atom stereocenters. The zero-order valence-corrected chi connectivity index (χ0v) is 16.8. The number of carbonyl (C=O) groups is 1. The minimum absolute atomic E-state index is 0.149. The van der Waals surface area contributed by atoms with Gasteiger partial charge in [0, 0.05) is 31.9 Å². The molecule has 0 aromatic carbocycles. The molecule has 5 aromatic heterocycles. The van der Waals surface area contributed by atoms with Gasteiger partial charge in [-0.15, -0.1) is 10.2 Å². The van der Waals surface area contributed by atoms with Gasteiger partial charge in [0.05, 0.1) is 29.4 Å². The van der Waals surface area contributed by atoms with Crippen LogP contribution in [-0.4, -0.2) is 56.9 Å². The first kappa shape index (κ1) is 18.4. The van der Waals surface area contributed by atoms with Gasteiger partial charge in [-0.3, -0.25) is 9.48 Å². The fourth-order valence-corrected chi connectivity index (χ4v) is 3.98. The van der Waals surface area contributed by atoms with Gasteiger partial charge in [-0.2, -0.15) is 10.2 Å². The highest BCUT2D eigenvalue weighted by Gasteiger charge is 2.38. The number of aryl methyl sites for hydroxylation is 1. The SMILES string of the molecule is Cn1ccc(-c2nnc(C(=O)N3CCc4[nH]cnc4[C@H]3c3cc4ccc(F)cn4n3)o2)n1. The van der Waals surface area contributed by atoms with Gasteiger partial charge in [-0.1, -0.05) is 0 Å². The van der Waals surface area contributed by atoms with Gasteiger partial charge in [0.15, 0.2) is 0 Å². The van der Waals surface area contributed by atoms with E-state index in [1.807, 2.05) is 0 Å². The molecule has 0 unspecified atom stereocenters. The zero-order chi connectivity index (χ0) is 21.8. The van der Waals surface area contributed by atoms with Crippen molar-refractivity contribution in [2.24, 2.45) is 7.05 Å². The number of hydrogen-bond donors (Lipinski definition) is 1. The number of amides is 1. The number of hydrogen-bond acceptors (Lipinski definition) is 7. The lowest BCUT2D eigenvalue weighted by atomic mass is 9.99. The Bertz CT molecular complexity index is 1460. The largest absolute Gasteiger partial charge is 0.411 e. The number of carbonyl (C=O) groups excluding carboxylic acids is 1. The zero-order valence-electron chi connectivity index (χ0n) is 16.8. The van der Waals surface area contributed by atoms with E-state index in [1.165, 1.54) is 16.8 Å². The number of nitrogens with one attached hydrogen (secondary N) is 1. The Morgan fingerprint density at radius 2 is 2.16 bits per heavy atom. The van der Waals surface area contributed by atoms with Crippen molar-refractivity contribution < 1.29 is 13.6 Å². The topological polar surface area (TPSA) is 123 Å². The van der Waals surface area contributed by atoms with Gasteiger partial charge >= 0.3 is 11.8 Å². The number of rotatable bonds is 3. The molecule has 6 heterocycles. The molecule has 0 saturated heterocycles. The maximum absolute atomic E-state index is 13.7. The van der Waals surface area contributed by atoms with Crippen molar-refractivity contribution in [3.63, 3.8) is 0 Å². The van der Waals surface area contributed by atoms with Gasteiger partial charge < -0.3 is 14.3 Å². The Morgan fingerprint density at radius 1 is 1.25 bits per heavy atom. The highest BCUT2D eigenvalue weighted by molar-refractivity contribution is 5.90. The van der Waals surface area contributed by atoms with E-state index in [2.05, 4.69) is 30.4 Å². The van der Waals surface area contributed by atoms with Crippen LogP contribution in [0, 0.1) is 5.82 Å². The van der Waals surface area contributed by atoms with E-state index in [0.29, 0.717) is 35.6 Å². The van der Waals surface area contributed by atoms with Gasteiger partial charge in [0.25, 0.3) is 5.89 Å². The average molecular weight is 433 g/mol. The summed E-state index contributed by atoms with van der Waals surface area (Å²) in [5.41, 5.74) is 3.33. The minimum atomic E-state index is -0.592. The molecular weight excluding hydrogens is 417 g/mol. The molecule has 0 saturated carbocycles. The van der Waals surface area contributed by atoms with Crippen molar-refractivity contribution in [3.8, 4) is 11.6 Å². The van der Waals surface area contributed by atoms with Crippen molar-refractivity contribution >= 4 is 11.4 Å². The summed E-state index contributed by atoms with van der Waals surface area (Å²) in [7, 11) is 1.77. The molecule has 1 aliphatic heterocycles. The van der Waals surface area contributed by atoms with Crippen LogP contribution in [0.5, 0.6) is 0 Å². The molecule has 0 radical (unpaired) electrons. The van der Waals surface area contributed by atoms with E-state index >= 15 is 0 Å². The number of nitrogens with zero attached hydrogens (tertiary/aromatic N) is 8. The molecule has 11 nitrogen and oxygen atoms in total. The third-order valence-electron chi connectivity index (χ3n) is 5.45. The van der Waals surface area contributed by atoms with Crippen molar-refractivity contribution in [3.05, 3.63) is 71.8 Å². The Balaban J connectivity index is 1.40. The molecule has 1 N–H and O–H groups in total. The number of aromatic amines is 1. The second-order valence-electron chi connectivity index (χ2n) is 7.49. The summed E-state index contributed by atoms with van der Waals surface area (Å²) in [5.74, 6) is -0.839. The fraction of sp³-hybridized carbons (Fsp3) is 0.200. The van der Waals surface area contributed by atoms with Crippen LogP contribution in [-0.2, 0) is 13.5 Å². The quantitative estimate of drug-likeness (QED) is 0.460. The summed E-state index contributed by atoms with van der Waals surface area (Å²) in [6, 6.07) is 5.93. The standard InChI is InChI=1S/C20H16FN9O2/c1-28-6-4-14(26-28)18-24-25-19(32-18)20(31)29-7-5-13-16(23-10-22-13)17(29)15-8-12-3-2-11(21)9-30(12)27-15/h2-4,6,8-10,17H,5,7H2,1H3,(H,22,23)/t17-/m1/s1. The molecule has 1 aliphatic rings. The monoisotopic (exact) mass is 433 g/mol. The van der Waals surface area contributed by atoms with Gasteiger partial charge in [0.1, 0.15) is 17.6 Å². The molecule has 6 rings (SSSR count). The van der Waals surface area contributed by atoms with Gasteiger partial charge in [-0.05, 0) is 24.3 Å². The number of H-pyrrole nitrogens is 1. The van der Waals surface area contributed by atoms with E-state index < -0.39 is 17.8 Å². The van der Waals surface area contributed by atoms with Crippen LogP contribution in [0.2, 0.25) is 0 Å². The smallest absolute Gasteiger partial charge is 0.312 e. The minimum Gasteiger partial charge on any atom is -0.411 e. The molecule has 160 valence electrons. The maximum Gasteiger partial charge on any atom is 0.312 e. The van der Waals surface area contributed by atoms with Crippen LogP contribution >= 0.6 is 0 Å². The number of pyridine rings is 1. The van der Waals surface area contributed by atoms with E-state index in [0.717, 1.165) is 5.69 Å². The van der Waals surface area contributed by atoms with E-state index in [9.17, 15) is 9.18 Å². The summed E-state index contributed by atoms with van der Waals surface area (Å²) in [4.78, 5) is 22.6. The highest BCUT2D eigenvalue weighted by atomic mass is 19.1. The maximum atomic E-state index is 13.7. The average Bonchev–Trinajstić information content (AvgIpc) is 3.57. The summed E-state index contributed by atoms with van der Waals surface area (Å²) in [6.45, 7) is 0.391. The summed E-state index contributed by atoms with van der Waals surface area (Å²) in [6.07, 6.45) is 5.21. The van der Waals surface area contributed by atoms with E-state index in [4.69, 9.17) is 4.42 Å². The number of fused-ring (bicyclic) bond motifs is 2. The van der Waals surface area contributed by atoms with E-state index in [1.54, 1.807) is 47.4 Å². The third-order valence-corrected chi connectivity index (χ3v) is 5.45. The van der Waals surface area contributed by atoms with Crippen LogP contribution in [0.4, 0.5) is 4.39 Å². The first-order valence-electron chi connectivity index (χ1n) is 9.88. The first-order chi connectivity index (χ1) is 15.6. The van der Waals surface area contributed by atoms with Gasteiger partial charge in [-0.25, -0.2) is 13.9 Å². The second-order valence-corrected chi connectivity index (χ2v) is 7.49. The van der Waals surface area contributed by atoms with Crippen molar-refractivity contribution in [1.82, 2.24) is 44.5 Å². The molecule has 0 bridgehead atoms. The Hall–Kier alpha value is -4.35. The van der Waals surface area contributed by atoms with Crippen LogP contribution < -0.4 is 0 Å². The van der Waals surface area contributed by atoms with Gasteiger partial charge in [0.2, 0.25) is 0 Å². The third kappa shape index (κ3) is 2.87. The molecule has 32 heavy (non-hydrogen) atoms. The summed E-state index contributed by atoms with van der Waals surface area (Å²) >= 11 is 0. The van der Waals surface area contributed by atoms with Crippen molar-refractivity contribution in [1.29, 1.82) is 0 Å². The Labute approximate surface area is 179 Å².